The van der Waals surface area contributed by atoms with Crippen molar-refractivity contribution in [1.82, 2.24) is 9.78 Å². The van der Waals surface area contributed by atoms with E-state index < -0.39 is 0 Å². The molecule has 1 amide bonds. The van der Waals surface area contributed by atoms with Crippen LogP contribution in [0.5, 0.6) is 0 Å². The van der Waals surface area contributed by atoms with Crippen molar-refractivity contribution in [1.29, 1.82) is 0 Å². The van der Waals surface area contributed by atoms with E-state index in [-0.39, 0.29) is 11.7 Å². The maximum Gasteiger partial charge on any atom is 0.249 e. The summed E-state index contributed by atoms with van der Waals surface area (Å²) in [6, 6.07) is 16.1. The molecule has 0 spiro atoms. The molecule has 0 saturated heterocycles. The van der Waals surface area contributed by atoms with Gasteiger partial charge in [-0.25, -0.2) is 4.39 Å². The van der Waals surface area contributed by atoms with Gasteiger partial charge in [-0.2, -0.15) is 5.10 Å². The van der Waals surface area contributed by atoms with E-state index in [4.69, 9.17) is 0 Å². The number of amides is 1. The van der Waals surface area contributed by atoms with Crippen LogP contribution < -0.4 is 5.32 Å². The van der Waals surface area contributed by atoms with Gasteiger partial charge < -0.3 is 5.32 Å². The number of anilines is 1. The molecule has 27 heavy (non-hydrogen) atoms. The van der Waals surface area contributed by atoms with Gasteiger partial charge in [0.25, 0.3) is 0 Å². The molecular formula is C22H22FN3O. The molecule has 1 aromatic heterocycles. The molecule has 2 aromatic carbocycles. The normalized spacial score (nSPS) is 11.3. The van der Waals surface area contributed by atoms with Crippen molar-refractivity contribution in [3.05, 3.63) is 89.4 Å². The lowest BCUT2D eigenvalue weighted by Gasteiger charge is -2.04. The van der Waals surface area contributed by atoms with Gasteiger partial charge in [0.15, 0.2) is 5.82 Å². The van der Waals surface area contributed by atoms with E-state index in [1.165, 1.54) is 23.8 Å². The highest BCUT2D eigenvalue weighted by molar-refractivity contribution is 6.01. The standard InChI is InChI=1S/C22H22FN3O/c1-16(2)19-8-3-17(4-9-19)7-12-22(27)24-21-13-14-26(25-21)15-18-5-10-20(23)11-6-18/h3-14,16H,15H2,1-2H3,(H,24,25,27)/b12-7+. The third kappa shape index (κ3) is 5.38. The molecule has 0 saturated carbocycles. The summed E-state index contributed by atoms with van der Waals surface area (Å²) in [5, 5.41) is 7.05. The van der Waals surface area contributed by atoms with Crippen LogP contribution in [0.25, 0.3) is 6.08 Å². The maximum atomic E-state index is 12.9. The van der Waals surface area contributed by atoms with Gasteiger partial charge in [-0.1, -0.05) is 50.2 Å². The minimum Gasteiger partial charge on any atom is -0.306 e. The van der Waals surface area contributed by atoms with Crippen molar-refractivity contribution in [2.45, 2.75) is 26.3 Å². The number of carbonyl (C=O) groups excluding carboxylic acids is 1. The summed E-state index contributed by atoms with van der Waals surface area (Å²) in [5.41, 5.74) is 3.17. The Bertz CT molecular complexity index is 925. The molecule has 4 nitrogen and oxygen atoms in total. The number of benzene rings is 2. The Morgan fingerprint density at radius 2 is 1.81 bits per heavy atom. The summed E-state index contributed by atoms with van der Waals surface area (Å²) in [7, 11) is 0. The zero-order chi connectivity index (χ0) is 19.2. The van der Waals surface area contributed by atoms with Crippen LogP contribution in [-0.2, 0) is 11.3 Å². The number of carbonyl (C=O) groups is 1. The van der Waals surface area contributed by atoms with Crippen molar-refractivity contribution in [3.8, 4) is 0 Å². The zero-order valence-electron chi connectivity index (χ0n) is 15.4. The van der Waals surface area contributed by atoms with Crippen LogP contribution >= 0.6 is 0 Å². The summed E-state index contributed by atoms with van der Waals surface area (Å²) in [5.74, 6) is 0.450. The van der Waals surface area contributed by atoms with E-state index in [2.05, 4.69) is 36.4 Å². The second-order valence-electron chi connectivity index (χ2n) is 6.67. The van der Waals surface area contributed by atoms with Crippen LogP contribution in [0.4, 0.5) is 10.2 Å². The third-order valence-corrected chi connectivity index (χ3v) is 4.18. The summed E-state index contributed by atoms with van der Waals surface area (Å²) in [4.78, 5) is 12.1. The Morgan fingerprint density at radius 1 is 1.11 bits per heavy atom. The summed E-state index contributed by atoms with van der Waals surface area (Å²) in [6.07, 6.45) is 5.03. The van der Waals surface area contributed by atoms with Gasteiger partial charge in [-0.3, -0.25) is 9.48 Å². The first-order valence-corrected chi connectivity index (χ1v) is 8.86. The fourth-order valence-electron chi connectivity index (χ4n) is 2.63. The largest absolute Gasteiger partial charge is 0.306 e. The average Bonchev–Trinajstić information content (AvgIpc) is 3.09. The Kier molecular flexibility index (Phi) is 5.81. The molecule has 1 N–H and O–H groups in total. The zero-order valence-corrected chi connectivity index (χ0v) is 15.4. The van der Waals surface area contributed by atoms with Crippen LogP contribution in [0, 0.1) is 5.82 Å². The van der Waals surface area contributed by atoms with E-state index in [0.29, 0.717) is 18.3 Å². The van der Waals surface area contributed by atoms with Crippen molar-refractivity contribution in [2.24, 2.45) is 0 Å². The molecule has 0 aliphatic rings. The topological polar surface area (TPSA) is 46.9 Å². The number of nitrogens with one attached hydrogen (secondary N) is 1. The van der Waals surface area contributed by atoms with E-state index in [0.717, 1.165) is 11.1 Å². The summed E-state index contributed by atoms with van der Waals surface area (Å²) >= 11 is 0. The second kappa shape index (κ2) is 8.45. The third-order valence-electron chi connectivity index (χ3n) is 4.18. The predicted octanol–water partition coefficient (Wildman–Crippen LogP) is 4.85. The van der Waals surface area contributed by atoms with Gasteiger partial charge in [0, 0.05) is 18.3 Å². The van der Waals surface area contributed by atoms with E-state index in [1.54, 1.807) is 35.2 Å². The molecule has 5 heteroatoms. The molecular weight excluding hydrogens is 341 g/mol. The maximum absolute atomic E-state index is 12.9. The number of rotatable bonds is 6. The number of hydrogen-bond acceptors (Lipinski definition) is 2. The average molecular weight is 363 g/mol. The van der Waals surface area contributed by atoms with Crippen LogP contribution in [0.3, 0.4) is 0 Å². The van der Waals surface area contributed by atoms with Crippen molar-refractivity contribution in [2.75, 3.05) is 5.32 Å². The molecule has 0 aliphatic carbocycles. The van der Waals surface area contributed by atoms with E-state index in [1.807, 2.05) is 12.1 Å². The highest BCUT2D eigenvalue weighted by Crippen LogP contribution is 2.15. The lowest BCUT2D eigenvalue weighted by Crippen LogP contribution is -2.09. The SMILES string of the molecule is CC(C)c1ccc(/C=C/C(=O)Nc2ccn(Cc3ccc(F)cc3)n2)cc1. The van der Waals surface area contributed by atoms with Crippen LogP contribution in [0.15, 0.2) is 66.9 Å². The highest BCUT2D eigenvalue weighted by atomic mass is 19.1. The fourth-order valence-corrected chi connectivity index (χ4v) is 2.63. The Balaban J connectivity index is 1.56. The van der Waals surface area contributed by atoms with E-state index in [9.17, 15) is 9.18 Å². The van der Waals surface area contributed by atoms with Gasteiger partial charge in [0.05, 0.1) is 6.54 Å². The highest BCUT2D eigenvalue weighted by Gasteiger charge is 2.03. The molecule has 0 radical (unpaired) electrons. The van der Waals surface area contributed by atoms with Gasteiger partial charge in [0.2, 0.25) is 5.91 Å². The Hall–Kier alpha value is -3.21. The van der Waals surface area contributed by atoms with Gasteiger partial charge in [-0.05, 0) is 40.8 Å². The molecule has 138 valence electrons. The monoisotopic (exact) mass is 363 g/mol. The van der Waals surface area contributed by atoms with Crippen molar-refractivity contribution >= 4 is 17.8 Å². The minimum absolute atomic E-state index is 0.241. The van der Waals surface area contributed by atoms with Crippen molar-refractivity contribution < 1.29 is 9.18 Å². The molecule has 0 atom stereocenters. The first-order chi connectivity index (χ1) is 13.0. The van der Waals surface area contributed by atoms with Crippen LogP contribution in [0.2, 0.25) is 0 Å². The first-order valence-electron chi connectivity index (χ1n) is 8.86. The molecule has 0 bridgehead atoms. The van der Waals surface area contributed by atoms with Crippen LogP contribution in [0.1, 0.15) is 36.5 Å². The minimum atomic E-state index is -0.266. The first kappa shape index (κ1) is 18.6. The van der Waals surface area contributed by atoms with Gasteiger partial charge in [-0.15, -0.1) is 0 Å². The molecule has 0 aliphatic heterocycles. The lowest BCUT2D eigenvalue weighted by atomic mass is 10.0. The summed E-state index contributed by atoms with van der Waals surface area (Å²) in [6.45, 7) is 4.80. The molecule has 1 heterocycles. The fraction of sp³-hybridized carbons (Fsp3) is 0.182. The van der Waals surface area contributed by atoms with Crippen LogP contribution in [-0.4, -0.2) is 15.7 Å². The quantitative estimate of drug-likeness (QED) is 0.637. The molecule has 0 fully saturated rings. The second-order valence-corrected chi connectivity index (χ2v) is 6.67. The Morgan fingerprint density at radius 3 is 2.48 bits per heavy atom. The lowest BCUT2D eigenvalue weighted by molar-refractivity contribution is -0.111. The number of halogens is 1. The van der Waals surface area contributed by atoms with Gasteiger partial charge >= 0.3 is 0 Å². The van der Waals surface area contributed by atoms with Gasteiger partial charge in [0.1, 0.15) is 5.82 Å². The number of hydrogen-bond donors (Lipinski definition) is 1. The number of nitrogens with zero attached hydrogens (tertiary/aromatic N) is 2. The number of aromatic nitrogens is 2. The Labute approximate surface area is 158 Å². The molecule has 0 unspecified atom stereocenters. The smallest absolute Gasteiger partial charge is 0.249 e. The van der Waals surface area contributed by atoms with Crippen molar-refractivity contribution in [3.63, 3.8) is 0 Å². The molecule has 3 rings (SSSR count). The molecule has 3 aromatic rings. The summed E-state index contributed by atoms with van der Waals surface area (Å²) < 4.78 is 14.6. The predicted molar refractivity (Wildman–Crippen MR) is 106 cm³/mol. The van der Waals surface area contributed by atoms with E-state index >= 15 is 0 Å².